The highest BCUT2D eigenvalue weighted by molar-refractivity contribution is 6.33. The molecule has 1 atom stereocenters. The molecule has 0 aliphatic heterocycles. The van der Waals surface area contributed by atoms with Crippen molar-refractivity contribution < 1.29 is 19.1 Å². The lowest BCUT2D eigenvalue weighted by Gasteiger charge is -2.12. The first-order chi connectivity index (χ1) is 8.31. The lowest BCUT2D eigenvalue weighted by Crippen LogP contribution is -2.40. The summed E-state index contributed by atoms with van der Waals surface area (Å²) in [6.45, 7) is 2.84. The third kappa shape index (κ3) is 3.59. The molecule has 2 amide bonds. The maximum absolute atomic E-state index is 13.1. The Morgan fingerprint density at radius 3 is 2.61 bits per heavy atom. The summed E-state index contributed by atoms with van der Waals surface area (Å²) in [4.78, 5) is 22.0. The predicted molar refractivity (Wildman–Crippen MR) is 65.4 cm³/mol. The second-order valence-corrected chi connectivity index (χ2v) is 4.15. The van der Waals surface area contributed by atoms with Crippen molar-refractivity contribution >= 4 is 29.3 Å². The van der Waals surface area contributed by atoms with Crippen molar-refractivity contribution in [3.63, 3.8) is 0 Å². The molecule has 5 nitrogen and oxygen atoms in total. The minimum absolute atomic E-state index is 0.0382. The lowest BCUT2D eigenvalue weighted by molar-refractivity contribution is -0.138. The first kappa shape index (κ1) is 14.2. The van der Waals surface area contributed by atoms with E-state index in [4.69, 9.17) is 16.7 Å². The number of carboxylic acid groups (broad SMARTS) is 1. The largest absolute Gasteiger partial charge is 0.480 e. The summed E-state index contributed by atoms with van der Waals surface area (Å²) < 4.78 is 13.1. The Hall–Kier alpha value is -1.82. The summed E-state index contributed by atoms with van der Waals surface area (Å²) in [5, 5.41) is 13.2. The first-order valence-corrected chi connectivity index (χ1v) is 5.45. The van der Waals surface area contributed by atoms with Crippen LogP contribution >= 0.6 is 11.6 Å². The van der Waals surface area contributed by atoms with Crippen LogP contribution in [0, 0.1) is 12.7 Å². The molecule has 3 N–H and O–H groups in total. The van der Waals surface area contributed by atoms with E-state index in [1.807, 2.05) is 0 Å². The van der Waals surface area contributed by atoms with Crippen LogP contribution in [0.4, 0.5) is 14.9 Å². The Balaban J connectivity index is 2.76. The molecular formula is C11H12ClFN2O3. The molecule has 0 spiro atoms. The molecule has 18 heavy (non-hydrogen) atoms. The van der Waals surface area contributed by atoms with Gasteiger partial charge < -0.3 is 15.7 Å². The van der Waals surface area contributed by atoms with Crippen LogP contribution < -0.4 is 10.6 Å². The zero-order valence-electron chi connectivity index (χ0n) is 9.75. The predicted octanol–water partition coefficient (Wildman–Crippen LogP) is 2.38. The standard InChI is InChI=1S/C11H12ClFN2O3/c1-5-3-9(7(12)4-8(5)13)15-11(18)14-6(2)10(16)17/h3-4,6H,1-2H3,(H,16,17)(H2,14,15,18). The molecule has 0 aliphatic carbocycles. The molecule has 0 aliphatic rings. The average molecular weight is 275 g/mol. The molecule has 0 fully saturated rings. The van der Waals surface area contributed by atoms with E-state index in [1.165, 1.54) is 19.9 Å². The monoisotopic (exact) mass is 274 g/mol. The van der Waals surface area contributed by atoms with E-state index < -0.39 is 23.9 Å². The van der Waals surface area contributed by atoms with E-state index in [-0.39, 0.29) is 10.7 Å². The fraction of sp³-hybridized carbons (Fsp3) is 0.273. The maximum Gasteiger partial charge on any atom is 0.325 e. The van der Waals surface area contributed by atoms with Crippen molar-refractivity contribution in [2.45, 2.75) is 19.9 Å². The molecule has 7 heteroatoms. The van der Waals surface area contributed by atoms with Crippen LogP contribution in [-0.2, 0) is 4.79 Å². The second-order valence-electron chi connectivity index (χ2n) is 3.74. The van der Waals surface area contributed by atoms with Gasteiger partial charge in [0.05, 0.1) is 10.7 Å². The van der Waals surface area contributed by atoms with Gasteiger partial charge in [0, 0.05) is 0 Å². The number of amides is 2. The van der Waals surface area contributed by atoms with E-state index in [2.05, 4.69) is 10.6 Å². The van der Waals surface area contributed by atoms with Crippen LogP contribution in [0.25, 0.3) is 0 Å². The van der Waals surface area contributed by atoms with Crippen LogP contribution in [0.3, 0.4) is 0 Å². The molecular weight excluding hydrogens is 263 g/mol. The number of halogens is 2. The highest BCUT2D eigenvalue weighted by atomic mass is 35.5. The van der Waals surface area contributed by atoms with Gasteiger partial charge in [0.15, 0.2) is 0 Å². The van der Waals surface area contributed by atoms with E-state index >= 15 is 0 Å². The zero-order valence-corrected chi connectivity index (χ0v) is 10.5. The fourth-order valence-electron chi connectivity index (χ4n) is 1.17. The summed E-state index contributed by atoms with van der Waals surface area (Å²) >= 11 is 5.75. The van der Waals surface area contributed by atoms with Crippen molar-refractivity contribution in [3.05, 3.63) is 28.5 Å². The molecule has 0 radical (unpaired) electrons. The van der Waals surface area contributed by atoms with Gasteiger partial charge in [-0.1, -0.05) is 11.6 Å². The van der Waals surface area contributed by atoms with Crippen LogP contribution in [-0.4, -0.2) is 23.1 Å². The van der Waals surface area contributed by atoms with Crippen molar-refractivity contribution in [2.24, 2.45) is 0 Å². The summed E-state index contributed by atoms with van der Waals surface area (Å²) in [5.41, 5.74) is 0.534. The number of carboxylic acids is 1. The Morgan fingerprint density at radius 1 is 1.44 bits per heavy atom. The number of urea groups is 1. The smallest absolute Gasteiger partial charge is 0.325 e. The van der Waals surface area contributed by atoms with E-state index in [1.54, 1.807) is 0 Å². The molecule has 0 aromatic heterocycles. The number of carbonyl (C=O) groups excluding carboxylic acids is 1. The number of carbonyl (C=O) groups is 2. The van der Waals surface area contributed by atoms with Crippen LogP contribution in [0.5, 0.6) is 0 Å². The molecule has 0 saturated heterocycles. The summed E-state index contributed by atoms with van der Waals surface area (Å²) in [7, 11) is 0. The minimum atomic E-state index is -1.16. The number of aryl methyl sites for hydroxylation is 1. The molecule has 1 aromatic carbocycles. The Morgan fingerprint density at radius 2 is 2.06 bits per heavy atom. The molecule has 1 rings (SSSR count). The van der Waals surface area contributed by atoms with E-state index in [0.29, 0.717) is 5.56 Å². The molecule has 0 saturated carbocycles. The van der Waals surface area contributed by atoms with E-state index in [0.717, 1.165) is 6.07 Å². The van der Waals surface area contributed by atoms with Gasteiger partial charge in [0.2, 0.25) is 0 Å². The number of hydrogen-bond acceptors (Lipinski definition) is 2. The van der Waals surface area contributed by atoms with Gasteiger partial charge in [-0.25, -0.2) is 9.18 Å². The minimum Gasteiger partial charge on any atom is -0.480 e. The van der Waals surface area contributed by atoms with Crippen LogP contribution in [0.1, 0.15) is 12.5 Å². The third-order valence-corrected chi connectivity index (χ3v) is 2.53. The number of benzene rings is 1. The van der Waals surface area contributed by atoms with Gasteiger partial charge in [-0.2, -0.15) is 0 Å². The number of nitrogens with one attached hydrogen (secondary N) is 2. The SMILES string of the molecule is Cc1cc(NC(=O)NC(C)C(=O)O)c(Cl)cc1F. The van der Waals surface area contributed by atoms with Gasteiger partial charge >= 0.3 is 12.0 Å². The van der Waals surface area contributed by atoms with Crippen molar-refractivity contribution in [3.8, 4) is 0 Å². The maximum atomic E-state index is 13.1. The highest BCUT2D eigenvalue weighted by Gasteiger charge is 2.15. The van der Waals surface area contributed by atoms with Gasteiger partial charge in [0.1, 0.15) is 11.9 Å². The van der Waals surface area contributed by atoms with Gasteiger partial charge in [-0.15, -0.1) is 0 Å². The Labute approximate surface area is 108 Å². The first-order valence-electron chi connectivity index (χ1n) is 5.07. The molecule has 1 aromatic rings. The average Bonchev–Trinajstić information content (AvgIpc) is 2.25. The normalized spacial score (nSPS) is 11.8. The second kappa shape index (κ2) is 5.68. The van der Waals surface area contributed by atoms with Crippen molar-refractivity contribution in [2.75, 3.05) is 5.32 Å². The fourth-order valence-corrected chi connectivity index (χ4v) is 1.37. The molecule has 98 valence electrons. The Bertz CT molecular complexity index is 493. The van der Waals surface area contributed by atoms with Gasteiger partial charge in [-0.05, 0) is 31.5 Å². The lowest BCUT2D eigenvalue weighted by atomic mass is 10.2. The Kier molecular flexibility index (Phi) is 4.49. The highest BCUT2D eigenvalue weighted by Crippen LogP contribution is 2.24. The zero-order chi connectivity index (χ0) is 13.9. The third-order valence-electron chi connectivity index (χ3n) is 2.21. The van der Waals surface area contributed by atoms with Crippen molar-refractivity contribution in [1.82, 2.24) is 5.32 Å². The topological polar surface area (TPSA) is 78.4 Å². The summed E-state index contributed by atoms with van der Waals surface area (Å²) in [6.07, 6.45) is 0. The molecule has 1 unspecified atom stereocenters. The number of aliphatic carboxylic acids is 1. The molecule has 0 heterocycles. The van der Waals surface area contributed by atoms with Crippen LogP contribution in [0.15, 0.2) is 12.1 Å². The number of hydrogen-bond donors (Lipinski definition) is 3. The van der Waals surface area contributed by atoms with E-state index in [9.17, 15) is 14.0 Å². The molecule has 0 bridgehead atoms. The van der Waals surface area contributed by atoms with Crippen LogP contribution in [0.2, 0.25) is 5.02 Å². The summed E-state index contributed by atoms with van der Waals surface area (Å²) in [6, 6.07) is 0.679. The number of anilines is 1. The van der Waals surface area contributed by atoms with Crippen molar-refractivity contribution in [1.29, 1.82) is 0 Å². The number of rotatable bonds is 3. The summed E-state index contributed by atoms with van der Waals surface area (Å²) in [5.74, 6) is -1.64. The quantitative estimate of drug-likeness (QED) is 0.792. The van der Waals surface area contributed by atoms with Gasteiger partial charge in [0.25, 0.3) is 0 Å². The van der Waals surface area contributed by atoms with Gasteiger partial charge in [-0.3, -0.25) is 4.79 Å².